The van der Waals surface area contributed by atoms with E-state index >= 15 is 0 Å². The summed E-state index contributed by atoms with van der Waals surface area (Å²) >= 11 is 6.58. The standard InChI is InChI=1S/C23H31ClN6O4S/c1-16-10-28(23(31)30-6-5-22(25-30)26-35(2,32)33)8-7-27(16)11-17-3-4-20(24)21(9-17)29-12-18-14-34-15-19(18)13-29/h3-6,9,16,18-19H,7-8,10-15H2,1-2H3,(H,25,26)/t16-,18?,19?/m0/s1. The fourth-order valence-electron chi connectivity index (χ4n) is 5.24. The van der Waals surface area contributed by atoms with E-state index in [2.05, 4.69) is 38.7 Å². The molecule has 0 spiro atoms. The van der Waals surface area contributed by atoms with Gasteiger partial charge in [-0.3, -0.25) is 9.62 Å². The Morgan fingerprint density at radius 1 is 1.17 bits per heavy atom. The van der Waals surface area contributed by atoms with Gasteiger partial charge in [-0.1, -0.05) is 17.7 Å². The second-order valence-corrected chi connectivity index (χ2v) is 12.0. The van der Waals surface area contributed by atoms with Crippen molar-refractivity contribution in [3.05, 3.63) is 41.0 Å². The van der Waals surface area contributed by atoms with E-state index in [1.54, 1.807) is 4.90 Å². The van der Waals surface area contributed by atoms with Gasteiger partial charge in [-0.05, 0) is 24.6 Å². The number of ether oxygens (including phenoxy) is 1. The molecule has 2 unspecified atom stereocenters. The molecule has 0 radical (unpaired) electrons. The summed E-state index contributed by atoms with van der Waals surface area (Å²) in [5.41, 5.74) is 2.30. The number of amides is 1. The van der Waals surface area contributed by atoms with Gasteiger partial charge in [0.25, 0.3) is 0 Å². The first-order chi connectivity index (χ1) is 16.7. The second kappa shape index (κ2) is 9.61. The van der Waals surface area contributed by atoms with Gasteiger partial charge >= 0.3 is 6.03 Å². The number of nitrogens with one attached hydrogen (secondary N) is 1. The Labute approximate surface area is 210 Å². The van der Waals surface area contributed by atoms with Gasteiger partial charge < -0.3 is 14.5 Å². The van der Waals surface area contributed by atoms with E-state index in [1.165, 1.54) is 22.5 Å². The van der Waals surface area contributed by atoms with Crippen LogP contribution in [0, 0.1) is 11.8 Å². The van der Waals surface area contributed by atoms with E-state index < -0.39 is 10.0 Å². The molecule has 3 saturated heterocycles. The van der Waals surface area contributed by atoms with Crippen molar-refractivity contribution in [2.24, 2.45) is 11.8 Å². The number of hydrogen-bond donors (Lipinski definition) is 1. The monoisotopic (exact) mass is 522 g/mol. The zero-order valence-electron chi connectivity index (χ0n) is 19.9. The summed E-state index contributed by atoms with van der Waals surface area (Å²) in [5, 5.41) is 4.84. The van der Waals surface area contributed by atoms with Gasteiger partial charge in [0.1, 0.15) is 0 Å². The van der Waals surface area contributed by atoms with Crippen LogP contribution in [-0.4, -0.2) is 92.3 Å². The predicted molar refractivity (Wildman–Crippen MR) is 134 cm³/mol. The van der Waals surface area contributed by atoms with E-state index in [4.69, 9.17) is 16.3 Å². The van der Waals surface area contributed by atoms with E-state index in [-0.39, 0.29) is 17.9 Å². The molecule has 1 N–H and O–H groups in total. The molecular formula is C23H31ClN6O4S. The second-order valence-electron chi connectivity index (χ2n) is 9.82. The third-order valence-corrected chi connectivity index (χ3v) is 7.99. The lowest BCUT2D eigenvalue weighted by atomic mass is 10.0. The molecule has 0 bridgehead atoms. The van der Waals surface area contributed by atoms with E-state index in [1.807, 2.05) is 6.07 Å². The van der Waals surface area contributed by atoms with Gasteiger partial charge in [0.05, 0.1) is 30.2 Å². The van der Waals surface area contributed by atoms with Crippen LogP contribution in [0.25, 0.3) is 0 Å². The van der Waals surface area contributed by atoms with Crippen LogP contribution in [0.4, 0.5) is 16.3 Å². The molecule has 35 heavy (non-hydrogen) atoms. The van der Waals surface area contributed by atoms with E-state index in [0.29, 0.717) is 24.9 Å². The van der Waals surface area contributed by atoms with Crippen LogP contribution in [0.15, 0.2) is 30.5 Å². The molecule has 5 rings (SSSR count). The van der Waals surface area contributed by atoms with Gasteiger partial charge in [-0.15, -0.1) is 5.10 Å². The maximum Gasteiger partial charge on any atom is 0.344 e. The summed E-state index contributed by atoms with van der Waals surface area (Å²) < 4.78 is 31.9. The van der Waals surface area contributed by atoms with Crippen LogP contribution in [0.5, 0.6) is 0 Å². The normalized spacial score (nSPS) is 25.2. The zero-order chi connectivity index (χ0) is 24.7. The number of piperazine rings is 1. The molecule has 190 valence electrons. The molecule has 3 aliphatic rings. The van der Waals surface area contributed by atoms with Crippen molar-refractivity contribution in [1.82, 2.24) is 19.6 Å². The van der Waals surface area contributed by atoms with Crippen LogP contribution in [0.1, 0.15) is 12.5 Å². The molecule has 3 aliphatic heterocycles. The van der Waals surface area contributed by atoms with Crippen molar-refractivity contribution < 1.29 is 17.9 Å². The lowest BCUT2D eigenvalue weighted by molar-refractivity contribution is 0.0921. The quantitative estimate of drug-likeness (QED) is 0.642. The maximum absolute atomic E-state index is 12.9. The largest absolute Gasteiger partial charge is 0.381 e. The summed E-state index contributed by atoms with van der Waals surface area (Å²) in [6.07, 6.45) is 2.52. The molecule has 12 heteroatoms. The number of sulfonamides is 1. The number of fused-ring (bicyclic) bond motifs is 1. The number of halogens is 1. The SMILES string of the molecule is C[C@H]1CN(C(=O)n2ccc(NS(C)(=O)=O)n2)CCN1Cc1ccc(Cl)c(N2CC3COCC3C2)c1. The third kappa shape index (κ3) is 5.42. The Balaban J connectivity index is 1.20. The number of carbonyl (C=O) groups is 1. The molecular weight excluding hydrogens is 492 g/mol. The molecule has 3 atom stereocenters. The molecule has 3 fully saturated rings. The van der Waals surface area contributed by atoms with E-state index in [0.717, 1.165) is 56.4 Å². The molecule has 0 aliphatic carbocycles. The molecule has 4 heterocycles. The zero-order valence-corrected chi connectivity index (χ0v) is 21.5. The van der Waals surface area contributed by atoms with Crippen molar-refractivity contribution in [1.29, 1.82) is 0 Å². The minimum Gasteiger partial charge on any atom is -0.381 e. The first-order valence-electron chi connectivity index (χ1n) is 11.8. The fourth-order valence-corrected chi connectivity index (χ4v) is 5.97. The summed E-state index contributed by atoms with van der Waals surface area (Å²) in [7, 11) is -3.45. The first kappa shape index (κ1) is 24.4. The Kier molecular flexibility index (Phi) is 6.69. The van der Waals surface area contributed by atoms with Crippen LogP contribution < -0.4 is 9.62 Å². The van der Waals surface area contributed by atoms with E-state index in [9.17, 15) is 13.2 Å². The first-order valence-corrected chi connectivity index (χ1v) is 14.1. The lowest BCUT2D eigenvalue weighted by Crippen LogP contribution is -2.54. The van der Waals surface area contributed by atoms with Gasteiger partial charge in [0.15, 0.2) is 5.82 Å². The predicted octanol–water partition coefficient (Wildman–Crippen LogP) is 2.16. The smallest absolute Gasteiger partial charge is 0.344 e. The summed E-state index contributed by atoms with van der Waals surface area (Å²) in [5.74, 6) is 1.31. The number of hydrogen-bond acceptors (Lipinski definition) is 7. The van der Waals surface area contributed by atoms with Crippen LogP contribution in [0.3, 0.4) is 0 Å². The highest BCUT2D eigenvalue weighted by Crippen LogP contribution is 2.36. The Bertz CT molecular complexity index is 1190. The number of anilines is 2. The van der Waals surface area contributed by atoms with Crippen molar-refractivity contribution in [2.45, 2.75) is 19.5 Å². The van der Waals surface area contributed by atoms with Crippen molar-refractivity contribution in [3.63, 3.8) is 0 Å². The minimum atomic E-state index is -3.45. The Morgan fingerprint density at radius 3 is 2.60 bits per heavy atom. The lowest BCUT2D eigenvalue weighted by Gasteiger charge is -2.39. The van der Waals surface area contributed by atoms with Crippen molar-refractivity contribution in [2.75, 3.05) is 61.8 Å². The molecule has 1 aromatic heterocycles. The van der Waals surface area contributed by atoms with Crippen molar-refractivity contribution >= 4 is 39.2 Å². The van der Waals surface area contributed by atoms with Crippen LogP contribution in [-0.2, 0) is 21.3 Å². The van der Waals surface area contributed by atoms with Gasteiger partial charge in [-0.25, -0.2) is 13.2 Å². The molecule has 0 saturated carbocycles. The summed E-state index contributed by atoms with van der Waals surface area (Å²) in [4.78, 5) is 19.4. The van der Waals surface area contributed by atoms with Crippen LogP contribution in [0.2, 0.25) is 5.02 Å². The Hall–Kier alpha value is -2.34. The molecule has 2 aromatic rings. The number of aromatic nitrogens is 2. The third-order valence-electron chi connectivity index (χ3n) is 7.09. The number of rotatable bonds is 5. The fraction of sp³-hybridized carbons (Fsp3) is 0.565. The summed E-state index contributed by atoms with van der Waals surface area (Å²) in [6, 6.07) is 7.62. The number of carbonyl (C=O) groups excluding carboxylic acids is 1. The number of nitrogens with zero attached hydrogens (tertiary/aromatic N) is 5. The van der Waals surface area contributed by atoms with Gasteiger partial charge in [-0.2, -0.15) is 4.68 Å². The van der Waals surface area contributed by atoms with Gasteiger partial charge in [0.2, 0.25) is 10.0 Å². The summed E-state index contributed by atoms with van der Waals surface area (Å²) in [6.45, 7) is 8.39. The van der Waals surface area contributed by atoms with Crippen LogP contribution >= 0.6 is 11.6 Å². The minimum absolute atomic E-state index is 0.125. The topological polar surface area (TPSA) is 100 Å². The maximum atomic E-state index is 12.9. The highest BCUT2D eigenvalue weighted by molar-refractivity contribution is 7.92. The van der Waals surface area contributed by atoms with Crippen molar-refractivity contribution in [3.8, 4) is 0 Å². The Morgan fingerprint density at radius 2 is 1.91 bits per heavy atom. The molecule has 1 amide bonds. The highest BCUT2D eigenvalue weighted by Gasteiger charge is 2.38. The average molecular weight is 523 g/mol. The average Bonchev–Trinajstić information content (AvgIpc) is 3.51. The molecule has 1 aromatic carbocycles. The molecule has 10 nitrogen and oxygen atoms in total. The number of benzene rings is 1. The van der Waals surface area contributed by atoms with Gasteiger partial charge in [0, 0.05) is 69.4 Å². The highest BCUT2D eigenvalue weighted by atomic mass is 35.5.